The van der Waals surface area contributed by atoms with Crippen molar-refractivity contribution in [1.82, 2.24) is 9.88 Å². The van der Waals surface area contributed by atoms with Crippen molar-refractivity contribution in [1.29, 1.82) is 0 Å². The first-order valence-electron chi connectivity index (χ1n) is 7.67. The van der Waals surface area contributed by atoms with E-state index in [4.69, 9.17) is 4.74 Å². The fraction of sp³-hybridized carbons (Fsp3) is 0.188. The normalized spacial score (nSPS) is 10.2. The van der Waals surface area contributed by atoms with Crippen LogP contribution in [0.1, 0.15) is 10.5 Å². The Kier molecular flexibility index (Phi) is 6.37. The number of nitrogens with one attached hydrogen (secondary N) is 2. The molecule has 10 nitrogen and oxygen atoms in total. The molecule has 0 spiro atoms. The molecule has 0 saturated carbocycles. The lowest BCUT2D eigenvalue weighted by Crippen LogP contribution is -2.35. The van der Waals surface area contributed by atoms with Gasteiger partial charge in [0.1, 0.15) is 5.69 Å². The zero-order valence-electron chi connectivity index (χ0n) is 14.4. The molecule has 2 rings (SSSR count). The van der Waals surface area contributed by atoms with Crippen molar-refractivity contribution in [3.05, 3.63) is 57.9 Å². The Morgan fingerprint density at radius 1 is 1.18 bits per heavy atom. The number of rotatable bonds is 7. The topological polar surface area (TPSA) is 133 Å². The number of esters is 1. The van der Waals surface area contributed by atoms with Crippen LogP contribution in [0.15, 0.2) is 30.5 Å². The predicted octanol–water partition coefficient (Wildman–Crippen LogP) is 1.12. The number of anilines is 1. The van der Waals surface area contributed by atoms with E-state index in [1.165, 1.54) is 11.6 Å². The number of halogens is 2. The van der Waals surface area contributed by atoms with Crippen molar-refractivity contribution in [3.63, 3.8) is 0 Å². The summed E-state index contributed by atoms with van der Waals surface area (Å²) >= 11 is 0. The largest absolute Gasteiger partial charge is 0.451 e. The molecule has 0 unspecified atom stereocenters. The smallest absolute Gasteiger partial charge is 0.355 e. The van der Waals surface area contributed by atoms with Crippen molar-refractivity contribution in [2.45, 2.75) is 0 Å². The van der Waals surface area contributed by atoms with E-state index < -0.39 is 47.5 Å². The van der Waals surface area contributed by atoms with E-state index in [0.29, 0.717) is 0 Å². The zero-order chi connectivity index (χ0) is 20.8. The molecule has 0 aliphatic heterocycles. The van der Waals surface area contributed by atoms with Crippen molar-refractivity contribution >= 4 is 29.2 Å². The average Bonchev–Trinajstić information content (AvgIpc) is 3.03. The van der Waals surface area contributed by atoms with Gasteiger partial charge >= 0.3 is 5.97 Å². The van der Waals surface area contributed by atoms with Gasteiger partial charge in [-0.3, -0.25) is 19.7 Å². The second-order valence-electron chi connectivity index (χ2n) is 5.48. The molecule has 148 valence electrons. The van der Waals surface area contributed by atoms with Gasteiger partial charge in [-0.1, -0.05) is 0 Å². The zero-order valence-corrected chi connectivity index (χ0v) is 14.4. The van der Waals surface area contributed by atoms with Crippen LogP contribution in [-0.4, -0.2) is 40.4 Å². The number of amides is 2. The molecule has 1 aromatic heterocycles. The van der Waals surface area contributed by atoms with Crippen LogP contribution in [0.5, 0.6) is 0 Å². The maximum atomic E-state index is 13.1. The van der Waals surface area contributed by atoms with Gasteiger partial charge in [0.25, 0.3) is 11.6 Å². The molecule has 0 radical (unpaired) electrons. The van der Waals surface area contributed by atoms with Gasteiger partial charge in [-0.15, -0.1) is 0 Å². The van der Waals surface area contributed by atoms with E-state index in [2.05, 4.69) is 10.6 Å². The highest BCUT2D eigenvalue weighted by molar-refractivity contribution is 5.95. The molecule has 0 fully saturated rings. The van der Waals surface area contributed by atoms with E-state index >= 15 is 0 Å². The lowest BCUT2D eigenvalue weighted by atomic mass is 10.3. The van der Waals surface area contributed by atoms with Crippen LogP contribution in [0.3, 0.4) is 0 Å². The quantitative estimate of drug-likeness (QED) is 0.409. The molecule has 0 atom stereocenters. The number of nitro groups is 1. The summed E-state index contributed by atoms with van der Waals surface area (Å²) in [4.78, 5) is 45.1. The Hall–Kier alpha value is -3.83. The van der Waals surface area contributed by atoms with Gasteiger partial charge in [0, 0.05) is 24.9 Å². The number of ether oxygens (including phenoxy) is 1. The van der Waals surface area contributed by atoms with Gasteiger partial charge in [0.2, 0.25) is 5.91 Å². The number of carbonyl (C=O) groups is 3. The third-order valence-corrected chi connectivity index (χ3v) is 3.39. The number of hydrogen-bond donors (Lipinski definition) is 2. The third-order valence-electron chi connectivity index (χ3n) is 3.39. The summed E-state index contributed by atoms with van der Waals surface area (Å²) in [7, 11) is 1.40. The van der Waals surface area contributed by atoms with Crippen LogP contribution in [0.25, 0.3) is 0 Å². The Bertz CT molecular complexity index is 943. The molecule has 12 heteroatoms. The first-order valence-corrected chi connectivity index (χ1v) is 7.67. The Morgan fingerprint density at radius 2 is 1.89 bits per heavy atom. The number of nitrogens with zero attached hydrogens (tertiary/aromatic N) is 2. The molecule has 0 bridgehead atoms. The summed E-state index contributed by atoms with van der Waals surface area (Å²) in [6.07, 6.45) is 1.11. The minimum Gasteiger partial charge on any atom is -0.451 e. The van der Waals surface area contributed by atoms with Crippen LogP contribution in [0.2, 0.25) is 0 Å². The average molecular weight is 396 g/mol. The van der Waals surface area contributed by atoms with Gasteiger partial charge in [0.15, 0.2) is 18.2 Å². The molecule has 28 heavy (non-hydrogen) atoms. The number of hydrogen-bond acceptors (Lipinski definition) is 6. The van der Waals surface area contributed by atoms with Gasteiger partial charge in [-0.2, -0.15) is 0 Å². The third kappa shape index (κ3) is 5.33. The molecule has 1 heterocycles. The van der Waals surface area contributed by atoms with Crippen molar-refractivity contribution in [2.24, 2.45) is 7.05 Å². The first-order chi connectivity index (χ1) is 13.2. The van der Waals surface area contributed by atoms with E-state index in [1.54, 1.807) is 0 Å². The number of aryl methyl sites for hydroxylation is 1. The minimum atomic E-state index is -1.14. The fourth-order valence-corrected chi connectivity index (χ4v) is 2.06. The maximum absolute atomic E-state index is 13.1. The second-order valence-corrected chi connectivity index (χ2v) is 5.48. The number of aromatic nitrogens is 1. The molecule has 2 N–H and O–H groups in total. The van der Waals surface area contributed by atoms with Crippen LogP contribution in [0, 0.1) is 21.7 Å². The van der Waals surface area contributed by atoms with E-state index in [-0.39, 0.29) is 17.1 Å². The van der Waals surface area contributed by atoms with Crippen LogP contribution in [0.4, 0.5) is 20.2 Å². The van der Waals surface area contributed by atoms with Crippen LogP contribution < -0.4 is 10.6 Å². The van der Waals surface area contributed by atoms with Gasteiger partial charge in [0.05, 0.1) is 17.7 Å². The van der Waals surface area contributed by atoms with Crippen molar-refractivity contribution < 1.29 is 32.8 Å². The fourth-order valence-electron chi connectivity index (χ4n) is 2.06. The molecule has 0 aliphatic carbocycles. The van der Waals surface area contributed by atoms with Crippen molar-refractivity contribution in [2.75, 3.05) is 18.5 Å². The molecule has 2 amide bonds. The molecular formula is C16H14F2N4O6. The minimum absolute atomic E-state index is 0.00474. The van der Waals surface area contributed by atoms with Gasteiger partial charge in [-0.05, 0) is 12.1 Å². The molecule has 2 aromatic rings. The molecule has 0 aliphatic rings. The molecular weight excluding hydrogens is 382 g/mol. The van der Waals surface area contributed by atoms with Crippen molar-refractivity contribution in [3.8, 4) is 0 Å². The summed E-state index contributed by atoms with van der Waals surface area (Å²) in [5, 5.41) is 15.1. The van der Waals surface area contributed by atoms with Crippen LogP contribution >= 0.6 is 0 Å². The second kappa shape index (κ2) is 8.70. The van der Waals surface area contributed by atoms with Crippen LogP contribution in [-0.2, 0) is 21.4 Å². The Labute approximate surface area is 156 Å². The summed E-state index contributed by atoms with van der Waals surface area (Å²) in [6, 6.07) is 3.74. The predicted molar refractivity (Wildman–Crippen MR) is 90.3 cm³/mol. The maximum Gasteiger partial charge on any atom is 0.355 e. The SMILES string of the molecule is Cn1cc([N+](=O)[O-])cc1C(=O)OCC(=O)NCC(=O)Nc1ccc(F)c(F)c1. The highest BCUT2D eigenvalue weighted by atomic mass is 19.2. The van der Waals surface area contributed by atoms with E-state index in [0.717, 1.165) is 30.5 Å². The standard InChI is InChI=1S/C16H14F2N4O6/c1-21-7-10(22(26)27)5-13(21)16(25)28-8-15(24)19-6-14(23)20-9-2-3-11(17)12(18)4-9/h2-5,7H,6,8H2,1H3,(H,19,24)(H,20,23). The highest BCUT2D eigenvalue weighted by Gasteiger charge is 2.19. The summed E-state index contributed by atoms with van der Waals surface area (Å²) in [5.74, 6) is -4.70. The molecule has 0 saturated heterocycles. The summed E-state index contributed by atoms with van der Waals surface area (Å²) < 4.78 is 31.8. The monoisotopic (exact) mass is 396 g/mol. The van der Waals surface area contributed by atoms with E-state index in [1.807, 2.05) is 0 Å². The summed E-state index contributed by atoms with van der Waals surface area (Å²) in [6.45, 7) is -1.23. The van der Waals surface area contributed by atoms with Gasteiger partial charge in [-0.25, -0.2) is 13.6 Å². The van der Waals surface area contributed by atoms with E-state index in [9.17, 15) is 33.3 Å². The first kappa shape index (κ1) is 20.5. The Morgan fingerprint density at radius 3 is 2.50 bits per heavy atom. The van der Waals surface area contributed by atoms with Gasteiger partial charge < -0.3 is 19.9 Å². The summed E-state index contributed by atoms with van der Waals surface area (Å²) in [5.41, 5.74) is -0.446. The number of carbonyl (C=O) groups excluding carboxylic acids is 3. The highest BCUT2D eigenvalue weighted by Crippen LogP contribution is 2.16. The number of benzene rings is 1. The lowest BCUT2D eigenvalue weighted by molar-refractivity contribution is -0.384. The lowest BCUT2D eigenvalue weighted by Gasteiger charge is -2.08. The molecule has 1 aromatic carbocycles. The Balaban J connectivity index is 1.79.